The van der Waals surface area contributed by atoms with E-state index in [1.807, 2.05) is 12.1 Å². The molecule has 0 bridgehead atoms. The first-order chi connectivity index (χ1) is 12.2. The Labute approximate surface area is 151 Å². The van der Waals surface area contributed by atoms with E-state index in [1.54, 1.807) is 45.2 Å². The molecule has 0 saturated heterocycles. The van der Waals surface area contributed by atoms with Crippen LogP contribution in [0.2, 0.25) is 0 Å². The first-order valence-corrected chi connectivity index (χ1v) is 9.43. The molecule has 7 nitrogen and oxygen atoms in total. The van der Waals surface area contributed by atoms with E-state index in [4.69, 9.17) is 4.42 Å². The van der Waals surface area contributed by atoms with Crippen LogP contribution in [0.4, 0.5) is 5.69 Å². The van der Waals surface area contributed by atoms with Gasteiger partial charge in [-0.15, -0.1) is 0 Å². The van der Waals surface area contributed by atoms with Crippen LogP contribution in [0.5, 0.6) is 0 Å². The lowest BCUT2D eigenvalue weighted by molar-refractivity contribution is 0.0991. The number of nitrogens with zero attached hydrogens (tertiary/aromatic N) is 1. The third kappa shape index (κ3) is 3.92. The van der Waals surface area contributed by atoms with E-state index < -0.39 is 21.5 Å². The topological polar surface area (TPSA) is 101 Å². The van der Waals surface area contributed by atoms with Gasteiger partial charge in [-0.05, 0) is 45.0 Å². The number of nitrogens with one attached hydrogen (secondary N) is 2. The summed E-state index contributed by atoms with van der Waals surface area (Å²) < 4.78 is 32.3. The Kier molecular flexibility index (Phi) is 4.55. The molecule has 0 spiro atoms. The van der Waals surface area contributed by atoms with Crippen molar-refractivity contribution in [3.05, 3.63) is 54.4 Å². The van der Waals surface area contributed by atoms with Gasteiger partial charge in [0.2, 0.25) is 5.09 Å². The monoisotopic (exact) mass is 373 g/mol. The Hall–Kier alpha value is -2.71. The molecular formula is C18H19N3O4S. The molecule has 2 heterocycles. The van der Waals surface area contributed by atoms with Gasteiger partial charge >= 0.3 is 0 Å². The zero-order chi connectivity index (χ0) is 18.9. The fourth-order valence-corrected chi connectivity index (χ4v) is 3.78. The van der Waals surface area contributed by atoms with Crippen LogP contribution in [0, 0.1) is 0 Å². The maximum absolute atomic E-state index is 12.4. The number of anilines is 1. The second kappa shape index (κ2) is 6.54. The van der Waals surface area contributed by atoms with Gasteiger partial charge in [-0.2, -0.15) is 0 Å². The molecule has 0 aliphatic rings. The Morgan fingerprint density at radius 1 is 1.08 bits per heavy atom. The maximum atomic E-state index is 12.4. The molecular weight excluding hydrogens is 354 g/mol. The SMILES string of the molecule is CC(C)(C)NS(=O)(=O)c1ccc(C(=O)Nc2cccc3cccnc23)o1. The molecule has 26 heavy (non-hydrogen) atoms. The van der Waals surface area contributed by atoms with Crippen molar-refractivity contribution in [2.45, 2.75) is 31.4 Å². The van der Waals surface area contributed by atoms with Gasteiger partial charge in [0.15, 0.2) is 5.76 Å². The molecule has 1 aromatic carbocycles. The van der Waals surface area contributed by atoms with Gasteiger partial charge in [0.25, 0.3) is 15.9 Å². The zero-order valence-corrected chi connectivity index (χ0v) is 15.4. The average Bonchev–Trinajstić information content (AvgIpc) is 3.04. The average molecular weight is 373 g/mol. The third-order valence-corrected chi connectivity index (χ3v) is 5.02. The quantitative estimate of drug-likeness (QED) is 0.731. The van der Waals surface area contributed by atoms with E-state index >= 15 is 0 Å². The smallest absolute Gasteiger partial charge is 0.291 e. The van der Waals surface area contributed by atoms with E-state index in [0.29, 0.717) is 11.2 Å². The van der Waals surface area contributed by atoms with Crippen LogP contribution in [0.1, 0.15) is 31.3 Å². The number of hydrogen-bond acceptors (Lipinski definition) is 5. The number of hydrogen-bond donors (Lipinski definition) is 2. The molecule has 0 aliphatic carbocycles. The first kappa shape index (κ1) is 18.1. The Morgan fingerprint density at radius 3 is 2.54 bits per heavy atom. The van der Waals surface area contributed by atoms with E-state index in [0.717, 1.165) is 5.39 Å². The summed E-state index contributed by atoms with van der Waals surface area (Å²) in [7, 11) is -3.85. The predicted octanol–water partition coefficient (Wildman–Crippen LogP) is 3.16. The number of carbonyl (C=O) groups is 1. The van der Waals surface area contributed by atoms with E-state index in [9.17, 15) is 13.2 Å². The molecule has 1 amide bonds. The number of amides is 1. The number of fused-ring (bicyclic) bond motifs is 1. The highest BCUT2D eigenvalue weighted by atomic mass is 32.2. The fraction of sp³-hybridized carbons (Fsp3) is 0.222. The van der Waals surface area contributed by atoms with Crippen LogP contribution in [-0.2, 0) is 10.0 Å². The second-order valence-electron chi connectivity index (χ2n) is 6.81. The molecule has 0 unspecified atom stereocenters. The van der Waals surface area contributed by atoms with Crippen molar-refractivity contribution in [1.29, 1.82) is 0 Å². The molecule has 0 radical (unpaired) electrons. The van der Waals surface area contributed by atoms with Crippen LogP contribution < -0.4 is 10.0 Å². The zero-order valence-electron chi connectivity index (χ0n) is 14.6. The number of carbonyl (C=O) groups excluding carboxylic acids is 1. The standard InChI is InChI=1S/C18H19N3O4S/c1-18(2,3)21-26(23,24)15-10-9-14(25-15)17(22)20-13-8-4-6-12-7-5-11-19-16(12)13/h4-11,21H,1-3H3,(H,20,22). The van der Waals surface area contributed by atoms with Crippen molar-refractivity contribution in [2.24, 2.45) is 0 Å². The minimum absolute atomic E-state index is 0.104. The van der Waals surface area contributed by atoms with Crippen molar-refractivity contribution in [3.63, 3.8) is 0 Å². The van der Waals surface area contributed by atoms with Gasteiger partial charge in [-0.25, -0.2) is 13.1 Å². The molecule has 3 rings (SSSR count). The molecule has 0 aliphatic heterocycles. The summed E-state index contributed by atoms with van der Waals surface area (Å²) in [6, 6.07) is 11.7. The number of sulfonamides is 1. The fourth-order valence-electron chi connectivity index (χ4n) is 2.43. The number of para-hydroxylation sites is 1. The van der Waals surface area contributed by atoms with Crippen molar-refractivity contribution in [2.75, 3.05) is 5.32 Å². The van der Waals surface area contributed by atoms with Crippen LogP contribution in [0.15, 0.2) is 58.2 Å². The highest BCUT2D eigenvalue weighted by Gasteiger charge is 2.26. The van der Waals surface area contributed by atoms with E-state index in [1.165, 1.54) is 12.1 Å². The van der Waals surface area contributed by atoms with Crippen molar-refractivity contribution in [3.8, 4) is 0 Å². The van der Waals surface area contributed by atoms with E-state index in [2.05, 4.69) is 15.0 Å². The number of aromatic nitrogens is 1. The Morgan fingerprint density at radius 2 is 1.81 bits per heavy atom. The second-order valence-corrected chi connectivity index (χ2v) is 8.42. The van der Waals surface area contributed by atoms with Crippen molar-refractivity contribution < 1.29 is 17.6 Å². The Balaban J connectivity index is 1.85. The van der Waals surface area contributed by atoms with Crippen molar-refractivity contribution >= 4 is 32.5 Å². The van der Waals surface area contributed by atoms with Crippen molar-refractivity contribution in [1.82, 2.24) is 9.71 Å². The van der Waals surface area contributed by atoms with E-state index in [-0.39, 0.29) is 10.9 Å². The largest absolute Gasteiger partial charge is 0.438 e. The van der Waals surface area contributed by atoms with Gasteiger partial charge in [0, 0.05) is 17.1 Å². The summed E-state index contributed by atoms with van der Waals surface area (Å²) in [4.78, 5) is 16.7. The van der Waals surface area contributed by atoms with Crippen LogP contribution in [0.3, 0.4) is 0 Å². The summed E-state index contributed by atoms with van der Waals surface area (Å²) in [6.45, 7) is 5.15. The number of pyridine rings is 1. The molecule has 3 aromatic rings. The van der Waals surface area contributed by atoms with Crippen LogP contribution in [-0.4, -0.2) is 24.8 Å². The van der Waals surface area contributed by atoms with Gasteiger partial charge in [0.1, 0.15) is 0 Å². The minimum Gasteiger partial charge on any atom is -0.438 e. The van der Waals surface area contributed by atoms with Crippen LogP contribution >= 0.6 is 0 Å². The van der Waals surface area contributed by atoms with Crippen LogP contribution in [0.25, 0.3) is 10.9 Å². The highest BCUT2D eigenvalue weighted by Crippen LogP contribution is 2.22. The molecule has 136 valence electrons. The summed E-state index contributed by atoms with van der Waals surface area (Å²) in [5.74, 6) is -0.660. The molecule has 0 saturated carbocycles. The lowest BCUT2D eigenvalue weighted by Gasteiger charge is -2.18. The number of rotatable bonds is 4. The van der Waals surface area contributed by atoms with Gasteiger partial charge in [-0.1, -0.05) is 18.2 Å². The van der Waals surface area contributed by atoms with Gasteiger partial charge in [0.05, 0.1) is 11.2 Å². The lowest BCUT2D eigenvalue weighted by atomic mass is 10.1. The summed E-state index contributed by atoms with van der Waals surface area (Å²) in [5.41, 5.74) is 0.488. The van der Waals surface area contributed by atoms with Gasteiger partial charge < -0.3 is 9.73 Å². The maximum Gasteiger partial charge on any atom is 0.291 e. The molecule has 2 aromatic heterocycles. The molecule has 0 fully saturated rings. The lowest BCUT2D eigenvalue weighted by Crippen LogP contribution is -2.40. The minimum atomic E-state index is -3.85. The Bertz CT molecular complexity index is 1060. The molecule has 2 N–H and O–H groups in total. The summed E-state index contributed by atoms with van der Waals surface area (Å²) in [5, 5.41) is 3.27. The normalized spacial score (nSPS) is 12.3. The highest BCUT2D eigenvalue weighted by molar-refractivity contribution is 7.89. The summed E-state index contributed by atoms with van der Waals surface area (Å²) >= 11 is 0. The predicted molar refractivity (Wildman–Crippen MR) is 98.5 cm³/mol. The van der Waals surface area contributed by atoms with Gasteiger partial charge in [-0.3, -0.25) is 9.78 Å². The molecule has 8 heteroatoms. The third-order valence-electron chi connectivity index (χ3n) is 3.39. The summed E-state index contributed by atoms with van der Waals surface area (Å²) in [6.07, 6.45) is 1.63. The molecule has 0 atom stereocenters. The number of benzene rings is 1. The first-order valence-electron chi connectivity index (χ1n) is 7.95. The number of furan rings is 1.